The number of thiocarbonyl (C=S) groups is 1. The molecule has 3 rings (SSSR count). The van der Waals surface area contributed by atoms with Gasteiger partial charge in [0.15, 0.2) is 5.11 Å². The van der Waals surface area contributed by atoms with E-state index in [2.05, 4.69) is 65.2 Å². The molecule has 2 aliphatic heterocycles. The minimum atomic E-state index is 0.467. The largest absolute Gasteiger partial charge is 0.385 e. The van der Waals surface area contributed by atoms with E-state index in [4.69, 9.17) is 12.2 Å². The van der Waals surface area contributed by atoms with Crippen LogP contribution < -0.4 is 16.0 Å². The van der Waals surface area contributed by atoms with Crippen LogP contribution in [0.1, 0.15) is 32.3 Å². The Bertz CT molecular complexity index is 588. The third-order valence-electron chi connectivity index (χ3n) is 4.43. The van der Waals surface area contributed by atoms with Crippen LogP contribution in [0.4, 0.5) is 5.69 Å². The highest BCUT2D eigenvalue weighted by Crippen LogP contribution is 2.29. The lowest BCUT2D eigenvalue weighted by Crippen LogP contribution is -2.57. The number of nitrogens with one attached hydrogen (secondary N) is 3. The third kappa shape index (κ3) is 4.03. The number of piperazine rings is 1. The quantitative estimate of drug-likeness (QED) is 0.691. The molecule has 0 aromatic heterocycles. The second kappa shape index (κ2) is 7.32. The zero-order valence-electron chi connectivity index (χ0n) is 13.9. The molecule has 0 unspecified atom stereocenters. The number of benzene rings is 1. The van der Waals surface area contributed by atoms with Crippen molar-refractivity contribution in [1.29, 1.82) is 0 Å². The molecule has 0 bridgehead atoms. The van der Waals surface area contributed by atoms with Gasteiger partial charge in [0.25, 0.3) is 0 Å². The van der Waals surface area contributed by atoms with Gasteiger partial charge in [-0.15, -0.1) is 0 Å². The molecule has 2 atom stereocenters. The Morgan fingerprint density at radius 3 is 2.78 bits per heavy atom. The van der Waals surface area contributed by atoms with E-state index in [1.807, 2.05) is 0 Å². The fourth-order valence-electron chi connectivity index (χ4n) is 3.44. The van der Waals surface area contributed by atoms with Crippen LogP contribution in [0.25, 0.3) is 5.57 Å². The van der Waals surface area contributed by atoms with Crippen LogP contribution in [-0.4, -0.2) is 41.7 Å². The van der Waals surface area contributed by atoms with Crippen molar-refractivity contribution >= 4 is 28.6 Å². The Hall–Kier alpha value is -1.59. The van der Waals surface area contributed by atoms with Gasteiger partial charge in [0.1, 0.15) is 0 Å². The van der Waals surface area contributed by atoms with Gasteiger partial charge in [0, 0.05) is 49.2 Å². The minimum Gasteiger partial charge on any atom is -0.385 e. The van der Waals surface area contributed by atoms with E-state index in [1.54, 1.807) is 0 Å². The lowest BCUT2D eigenvalue weighted by molar-refractivity contribution is 0.254. The minimum absolute atomic E-state index is 0.467. The summed E-state index contributed by atoms with van der Waals surface area (Å²) in [6.07, 6.45) is 4.30. The molecule has 0 amide bonds. The number of allylic oxidation sites excluding steroid dienone is 1. The van der Waals surface area contributed by atoms with Crippen LogP contribution in [0.15, 0.2) is 30.5 Å². The summed E-state index contributed by atoms with van der Waals surface area (Å²) in [7, 11) is 0. The maximum Gasteiger partial charge on any atom is 0.173 e. The first-order valence-electron chi connectivity index (χ1n) is 8.47. The summed E-state index contributed by atoms with van der Waals surface area (Å²) in [6.45, 7) is 7.34. The number of hydrogen-bond acceptors (Lipinski definition) is 3. The highest BCUT2D eigenvalue weighted by atomic mass is 32.1. The van der Waals surface area contributed by atoms with Crippen LogP contribution in [0.2, 0.25) is 0 Å². The molecule has 1 fully saturated rings. The van der Waals surface area contributed by atoms with Crippen LogP contribution in [0, 0.1) is 0 Å². The summed E-state index contributed by atoms with van der Waals surface area (Å²) in [4.78, 5) is 2.26. The van der Waals surface area contributed by atoms with Gasteiger partial charge in [-0.25, -0.2) is 0 Å². The molecule has 0 saturated carbocycles. The second-order valence-electron chi connectivity index (χ2n) is 6.57. The number of hydrogen-bond donors (Lipinski definition) is 3. The van der Waals surface area contributed by atoms with E-state index in [0.29, 0.717) is 12.1 Å². The molecule has 0 radical (unpaired) electrons. The third-order valence-corrected chi connectivity index (χ3v) is 4.80. The molecule has 1 saturated heterocycles. The van der Waals surface area contributed by atoms with Gasteiger partial charge in [-0.05, 0) is 50.5 Å². The second-order valence-corrected chi connectivity index (χ2v) is 6.96. The van der Waals surface area contributed by atoms with E-state index in [0.717, 1.165) is 37.6 Å². The summed E-state index contributed by atoms with van der Waals surface area (Å²) in [6, 6.07) is 9.43. The van der Waals surface area contributed by atoms with E-state index in [1.165, 1.54) is 16.8 Å². The predicted molar refractivity (Wildman–Crippen MR) is 102 cm³/mol. The topological polar surface area (TPSA) is 39.3 Å². The zero-order valence-corrected chi connectivity index (χ0v) is 14.7. The molecule has 1 aromatic carbocycles. The van der Waals surface area contributed by atoms with Gasteiger partial charge in [0.05, 0.1) is 0 Å². The summed E-state index contributed by atoms with van der Waals surface area (Å²) >= 11 is 5.61. The first kappa shape index (κ1) is 16.3. The van der Waals surface area contributed by atoms with Crippen molar-refractivity contribution < 1.29 is 0 Å². The number of anilines is 1. The molecule has 1 aromatic rings. The molecule has 2 heterocycles. The molecular formula is C18H26N4S. The molecular weight excluding hydrogens is 304 g/mol. The van der Waals surface area contributed by atoms with Crippen LogP contribution in [0.5, 0.6) is 0 Å². The Balaban J connectivity index is 1.71. The highest BCUT2D eigenvalue weighted by Gasteiger charge is 2.22. The van der Waals surface area contributed by atoms with E-state index < -0.39 is 0 Å². The Kier molecular flexibility index (Phi) is 5.18. The molecule has 5 heteroatoms. The van der Waals surface area contributed by atoms with Gasteiger partial charge in [-0.3, -0.25) is 0 Å². The fourth-order valence-corrected chi connectivity index (χ4v) is 3.64. The van der Waals surface area contributed by atoms with Gasteiger partial charge in [0.2, 0.25) is 0 Å². The van der Waals surface area contributed by atoms with Crippen molar-refractivity contribution in [2.75, 3.05) is 25.0 Å². The van der Waals surface area contributed by atoms with Crippen molar-refractivity contribution in [3.05, 3.63) is 36.0 Å². The standard InChI is InChI=1S/C18H26N4S/c1-13-11-22(12-14(2)21-13)18(23)20-10-15-6-5-9-19-17-8-4-3-7-16(15)17/h3-4,7-8,10,13-14,19,21H,5-6,9,11-12H2,1-2H3,(H,20,23)/b15-10-/t13-,14+. The normalized spacial score (nSPS) is 26.2. The van der Waals surface area contributed by atoms with Crippen molar-refractivity contribution in [2.24, 2.45) is 0 Å². The van der Waals surface area contributed by atoms with Crippen molar-refractivity contribution in [1.82, 2.24) is 15.5 Å². The van der Waals surface area contributed by atoms with E-state index in [-0.39, 0.29) is 0 Å². The van der Waals surface area contributed by atoms with Crippen molar-refractivity contribution in [3.63, 3.8) is 0 Å². The Labute approximate surface area is 144 Å². The molecule has 124 valence electrons. The number of fused-ring (bicyclic) bond motifs is 1. The van der Waals surface area contributed by atoms with Crippen molar-refractivity contribution in [3.8, 4) is 0 Å². The molecule has 4 nitrogen and oxygen atoms in total. The maximum absolute atomic E-state index is 5.61. The molecule has 0 aliphatic carbocycles. The van der Waals surface area contributed by atoms with Gasteiger partial charge in [-0.2, -0.15) is 0 Å². The zero-order chi connectivity index (χ0) is 16.2. The van der Waals surface area contributed by atoms with Gasteiger partial charge < -0.3 is 20.9 Å². The molecule has 0 spiro atoms. The Morgan fingerprint density at radius 1 is 1.26 bits per heavy atom. The maximum atomic E-state index is 5.61. The lowest BCUT2D eigenvalue weighted by atomic mass is 10.0. The first-order chi connectivity index (χ1) is 11.1. The summed E-state index contributed by atoms with van der Waals surface area (Å²) in [5.74, 6) is 0. The molecule has 2 aliphatic rings. The average Bonchev–Trinajstić information content (AvgIpc) is 2.74. The summed E-state index contributed by atoms with van der Waals surface area (Å²) in [5, 5.41) is 11.2. The van der Waals surface area contributed by atoms with Gasteiger partial charge in [-0.1, -0.05) is 18.2 Å². The fraction of sp³-hybridized carbons (Fsp3) is 0.500. The number of rotatable bonds is 1. The van der Waals surface area contributed by atoms with Gasteiger partial charge >= 0.3 is 0 Å². The summed E-state index contributed by atoms with van der Waals surface area (Å²) in [5.41, 5.74) is 3.82. The molecule has 3 N–H and O–H groups in total. The van der Waals surface area contributed by atoms with E-state index >= 15 is 0 Å². The SMILES string of the molecule is C[C@@H]1CN(C(=S)N/C=C2/CCCNc3ccccc32)C[C@H](C)N1. The summed E-state index contributed by atoms with van der Waals surface area (Å²) < 4.78 is 0. The van der Waals surface area contributed by atoms with E-state index in [9.17, 15) is 0 Å². The monoisotopic (exact) mass is 330 g/mol. The number of para-hydroxylation sites is 1. The highest BCUT2D eigenvalue weighted by molar-refractivity contribution is 7.80. The number of nitrogens with zero attached hydrogens (tertiary/aromatic N) is 1. The predicted octanol–water partition coefficient (Wildman–Crippen LogP) is 2.79. The molecule has 23 heavy (non-hydrogen) atoms. The smallest absolute Gasteiger partial charge is 0.173 e. The van der Waals surface area contributed by atoms with Crippen LogP contribution in [-0.2, 0) is 0 Å². The Morgan fingerprint density at radius 2 is 2.00 bits per heavy atom. The average molecular weight is 331 g/mol. The van der Waals surface area contributed by atoms with Crippen LogP contribution in [0.3, 0.4) is 0 Å². The van der Waals surface area contributed by atoms with Crippen molar-refractivity contribution in [2.45, 2.75) is 38.8 Å². The first-order valence-corrected chi connectivity index (χ1v) is 8.88. The van der Waals surface area contributed by atoms with Crippen LogP contribution >= 0.6 is 12.2 Å². The lowest BCUT2D eigenvalue weighted by Gasteiger charge is -2.37.